The monoisotopic (exact) mass is 225 g/mol. The fourth-order valence-electron chi connectivity index (χ4n) is 1.65. The van der Waals surface area contributed by atoms with Gasteiger partial charge in [-0.05, 0) is 50.5 Å². The SMILES string of the molecule is CCOCC(C)(N)Cc1cc(F)ccc1C. The van der Waals surface area contributed by atoms with Crippen LogP contribution in [0.3, 0.4) is 0 Å². The maximum absolute atomic E-state index is 13.1. The Bertz CT molecular complexity index is 350. The molecule has 2 nitrogen and oxygen atoms in total. The minimum atomic E-state index is -0.450. The quantitative estimate of drug-likeness (QED) is 0.835. The molecule has 0 spiro atoms. The Hall–Kier alpha value is -0.930. The van der Waals surface area contributed by atoms with Gasteiger partial charge in [-0.3, -0.25) is 0 Å². The van der Waals surface area contributed by atoms with Crippen LogP contribution in [0, 0.1) is 12.7 Å². The molecule has 0 fully saturated rings. The molecule has 0 bridgehead atoms. The number of aryl methyl sites for hydroxylation is 1. The van der Waals surface area contributed by atoms with Crippen molar-refractivity contribution in [1.29, 1.82) is 0 Å². The number of halogens is 1. The van der Waals surface area contributed by atoms with Gasteiger partial charge in [0.25, 0.3) is 0 Å². The number of hydrogen-bond donors (Lipinski definition) is 1. The van der Waals surface area contributed by atoms with Gasteiger partial charge < -0.3 is 10.5 Å². The maximum atomic E-state index is 13.1. The van der Waals surface area contributed by atoms with E-state index < -0.39 is 5.54 Å². The first-order chi connectivity index (χ1) is 7.44. The first kappa shape index (κ1) is 13.1. The number of benzene rings is 1. The Morgan fingerprint density at radius 2 is 2.12 bits per heavy atom. The number of ether oxygens (including phenoxy) is 1. The second kappa shape index (κ2) is 5.41. The first-order valence-electron chi connectivity index (χ1n) is 5.56. The molecule has 1 unspecified atom stereocenters. The summed E-state index contributed by atoms with van der Waals surface area (Å²) in [4.78, 5) is 0. The highest BCUT2D eigenvalue weighted by Crippen LogP contribution is 2.16. The standard InChI is InChI=1S/C13H20FNO/c1-4-16-9-13(3,15)8-11-7-12(14)6-5-10(11)2/h5-7H,4,8-9,15H2,1-3H3. The summed E-state index contributed by atoms with van der Waals surface area (Å²) >= 11 is 0. The molecule has 1 aromatic carbocycles. The molecule has 1 aromatic rings. The molecule has 0 aliphatic carbocycles. The van der Waals surface area contributed by atoms with Crippen molar-refractivity contribution in [2.24, 2.45) is 5.73 Å². The van der Waals surface area contributed by atoms with Crippen molar-refractivity contribution in [3.05, 3.63) is 35.1 Å². The summed E-state index contributed by atoms with van der Waals surface area (Å²) in [5.74, 6) is -0.215. The van der Waals surface area contributed by atoms with Crippen LogP contribution in [0.15, 0.2) is 18.2 Å². The van der Waals surface area contributed by atoms with Gasteiger partial charge in [-0.25, -0.2) is 4.39 Å². The lowest BCUT2D eigenvalue weighted by Gasteiger charge is -2.25. The Labute approximate surface area is 96.6 Å². The minimum Gasteiger partial charge on any atom is -0.380 e. The van der Waals surface area contributed by atoms with E-state index in [9.17, 15) is 4.39 Å². The van der Waals surface area contributed by atoms with Crippen LogP contribution < -0.4 is 5.73 Å². The zero-order valence-corrected chi connectivity index (χ0v) is 10.2. The van der Waals surface area contributed by atoms with Gasteiger partial charge in [0.2, 0.25) is 0 Å². The molecule has 0 saturated carbocycles. The summed E-state index contributed by atoms with van der Waals surface area (Å²) in [7, 11) is 0. The molecule has 0 aliphatic rings. The van der Waals surface area contributed by atoms with Gasteiger partial charge in [0.15, 0.2) is 0 Å². The van der Waals surface area contributed by atoms with E-state index in [2.05, 4.69) is 0 Å². The Balaban J connectivity index is 2.74. The predicted octanol–water partition coefficient (Wildman–Crippen LogP) is 2.43. The molecular formula is C13H20FNO. The average Bonchev–Trinajstić information content (AvgIpc) is 2.20. The van der Waals surface area contributed by atoms with Gasteiger partial charge >= 0.3 is 0 Å². The van der Waals surface area contributed by atoms with E-state index in [0.717, 1.165) is 11.1 Å². The summed E-state index contributed by atoms with van der Waals surface area (Å²) in [5.41, 5.74) is 7.67. The van der Waals surface area contributed by atoms with Gasteiger partial charge in [-0.1, -0.05) is 6.07 Å². The van der Waals surface area contributed by atoms with Crippen molar-refractivity contribution < 1.29 is 9.13 Å². The van der Waals surface area contributed by atoms with Crippen LogP contribution in [0.5, 0.6) is 0 Å². The third-order valence-corrected chi connectivity index (χ3v) is 2.54. The molecule has 90 valence electrons. The summed E-state index contributed by atoms with van der Waals surface area (Å²) in [6.45, 7) is 6.95. The lowest BCUT2D eigenvalue weighted by atomic mass is 9.92. The highest BCUT2D eigenvalue weighted by atomic mass is 19.1. The van der Waals surface area contributed by atoms with Crippen molar-refractivity contribution in [2.45, 2.75) is 32.7 Å². The van der Waals surface area contributed by atoms with Gasteiger partial charge in [-0.2, -0.15) is 0 Å². The lowest BCUT2D eigenvalue weighted by molar-refractivity contribution is 0.101. The van der Waals surface area contributed by atoms with Crippen molar-refractivity contribution >= 4 is 0 Å². The Morgan fingerprint density at radius 3 is 2.75 bits per heavy atom. The molecule has 0 saturated heterocycles. The molecule has 1 atom stereocenters. The normalized spacial score (nSPS) is 14.8. The Morgan fingerprint density at radius 1 is 1.44 bits per heavy atom. The van der Waals surface area contributed by atoms with Crippen LogP contribution in [-0.4, -0.2) is 18.8 Å². The zero-order chi connectivity index (χ0) is 12.2. The first-order valence-corrected chi connectivity index (χ1v) is 5.56. The predicted molar refractivity (Wildman–Crippen MR) is 63.9 cm³/mol. The molecule has 1 rings (SSSR count). The van der Waals surface area contributed by atoms with Gasteiger partial charge in [0, 0.05) is 12.1 Å². The van der Waals surface area contributed by atoms with E-state index >= 15 is 0 Å². The van der Waals surface area contributed by atoms with Crippen LogP contribution in [0.25, 0.3) is 0 Å². The number of nitrogens with two attached hydrogens (primary N) is 1. The van der Waals surface area contributed by atoms with Crippen LogP contribution in [-0.2, 0) is 11.2 Å². The zero-order valence-electron chi connectivity index (χ0n) is 10.2. The van der Waals surface area contributed by atoms with E-state index in [1.54, 1.807) is 12.1 Å². The summed E-state index contributed by atoms with van der Waals surface area (Å²) in [6.07, 6.45) is 0.622. The molecule has 0 amide bonds. The maximum Gasteiger partial charge on any atom is 0.123 e. The van der Waals surface area contributed by atoms with Crippen molar-refractivity contribution in [3.63, 3.8) is 0 Å². The minimum absolute atomic E-state index is 0.215. The highest BCUT2D eigenvalue weighted by Gasteiger charge is 2.20. The molecule has 0 aliphatic heterocycles. The Kier molecular flexibility index (Phi) is 4.44. The largest absolute Gasteiger partial charge is 0.380 e. The van der Waals surface area contributed by atoms with E-state index in [0.29, 0.717) is 19.6 Å². The van der Waals surface area contributed by atoms with Gasteiger partial charge in [-0.15, -0.1) is 0 Å². The topological polar surface area (TPSA) is 35.2 Å². The summed E-state index contributed by atoms with van der Waals surface area (Å²) < 4.78 is 18.4. The van der Waals surface area contributed by atoms with Crippen LogP contribution in [0.4, 0.5) is 4.39 Å². The lowest BCUT2D eigenvalue weighted by Crippen LogP contribution is -2.43. The van der Waals surface area contributed by atoms with Crippen LogP contribution in [0.2, 0.25) is 0 Å². The van der Waals surface area contributed by atoms with Crippen molar-refractivity contribution in [3.8, 4) is 0 Å². The number of hydrogen-bond acceptors (Lipinski definition) is 2. The molecule has 2 N–H and O–H groups in total. The average molecular weight is 225 g/mol. The van der Waals surface area contributed by atoms with Crippen molar-refractivity contribution in [2.75, 3.05) is 13.2 Å². The van der Waals surface area contributed by atoms with Gasteiger partial charge in [0.05, 0.1) is 6.61 Å². The van der Waals surface area contributed by atoms with E-state index in [1.807, 2.05) is 20.8 Å². The van der Waals surface area contributed by atoms with Crippen LogP contribution >= 0.6 is 0 Å². The molecule has 0 aromatic heterocycles. The molecule has 3 heteroatoms. The molecule has 0 heterocycles. The van der Waals surface area contributed by atoms with Crippen molar-refractivity contribution in [1.82, 2.24) is 0 Å². The van der Waals surface area contributed by atoms with Gasteiger partial charge in [0.1, 0.15) is 5.82 Å². The summed E-state index contributed by atoms with van der Waals surface area (Å²) in [5, 5.41) is 0. The molecular weight excluding hydrogens is 205 g/mol. The second-order valence-electron chi connectivity index (χ2n) is 4.54. The third kappa shape index (κ3) is 3.91. The van der Waals surface area contributed by atoms with E-state index in [4.69, 9.17) is 10.5 Å². The summed E-state index contributed by atoms with van der Waals surface area (Å²) in [6, 6.07) is 4.79. The molecule has 0 radical (unpaired) electrons. The fourth-order valence-corrected chi connectivity index (χ4v) is 1.65. The van der Waals surface area contributed by atoms with E-state index in [-0.39, 0.29) is 5.82 Å². The molecule has 16 heavy (non-hydrogen) atoms. The smallest absolute Gasteiger partial charge is 0.123 e. The van der Waals surface area contributed by atoms with Crippen LogP contribution in [0.1, 0.15) is 25.0 Å². The second-order valence-corrected chi connectivity index (χ2v) is 4.54. The van der Waals surface area contributed by atoms with E-state index in [1.165, 1.54) is 6.07 Å². The third-order valence-electron chi connectivity index (χ3n) is 2.54. The number of rotatable bonds is 5. The highest BCUT2D eigenvalue weighted by molar-refractivity contribution is 5.28. The fraction of sp³-hybridized carbons (Fsp3) is 0.538.